The molecule has 0 aromatic carbocycles. The molecule has 0 bridgehead atoms. The third kappa shape index (κ3) is 2.62. The molecule has 15 heavy (non-hydrogen) atoms. The van der Waals surface area contributed by atoms with Crippen LogP contribution in [0.3, 0.4) is 0 Å². The van der Waals surface area contributed by atoms with Gasteiger partial charge >= 0.3 is 6.03 Å². The van der Waals surface area contributed by atoms with Gasteiger partial charge in [0.15, 0.2) is 0 Å². The molecule has 1 N–H and O–H groups in total. The molecule has 2 aliphatic heterocycles. The number of hydrogen-bond donors (Lipinski definition) is 1. The van der Waals surface area contributed by atoms with E-state index in [-0.39, 0.29) is 18.2 Å². The predicted octanol–water partition coefficient (Wildman–Crippen LogP) is 1.36. The molecule has 2 rings (SSSR count). The van der Waals surface area contributed by atoms with Gasteiger partial charge in [0.25, 0.3) is 0 Å². The zero-order chi connectivity index (χ0) is 10.7. The van der Waals surface area contributed by atoms with Crippen LogP contribution in [0, 0.1) is 0 Å². The molecule has 2 atom stereocenters. The summed E-state index contributed by atoms with van der Waals surface area (Å²) in [6, 6.07) is 0.302. The maximum Gasteiger partial charge on any atom is 0.317 e. The third-order valence-electron chi connectivity index (χ3n) is 3.33. The number of carbonyl (C=O) groups is 1. The van der Waals surface area contributed by atoms with Gasteiger partial charge in [0, 0.05) is 19.7 Å². The van der Waals surface area contributed by atoms with Gasteiger partial charge in [-0.05, 0) is 32.6 Å². The number of ether oxygens (including phenoxy) is 1. The fourth-order valence-corrected chi connectivity index (χ4v) is 2.27. The van der Waals surface area contributed by atoms with Crippen molar-refractivity contribution < 1.29 is 9.53 Å². The van der Waals surface area contributed by atoms with Crippen molar-refractivity contribution >= 4 is 6.03 Å². The Labute approximate surface area is 91.0 Å². The normalized spacial score (nSPS) is 31.7. The third-order valence-corrected chi connectivity index (χ3v) is 3.33. The quantitative estimate of drug-likeness (QED) is 0.713. The van der Waals surface area contributed by atoms with Crippen molar-refractivity contribution in [2.45, 2.75) is 44.8 Å². The highest BCUT2D eigenvalue weighted by atomic mass is 16.5. The molecule has 2 unspecified atom stereocenters. The van der Waals surface area contributed by atoms with E-state index in [1.54, 1.807) is 0 Å². The fraction of sp³-hybridized carbons (Fsp3) is 0.909. The molecule has 0 aromatic rings. The lowest BCUT2D eigenvalue weighted by Gasteiger charge is -2.28. The van der Waals surface area contributed by atoms with Crippen LogP contribution in [0.4, 0.5) is 4.79 Å². The van der Waals surface area contributed by atoms with Crippen molar-refractivity contribution in [2.24, 2.45) is 0 Å². The number of likely N-dealkylation sites (tertiary alicyclic amines) is 1. The molecule has 0 aromatic heterocycles. The number of amides is 2. The van der Waals surface area contributed by atoms with E-state index in [0.29, 0.717) is 0 Å². The smallest absolute Gasteiger partial charge is 0.317 e. The number of urea groups is 1. The molecule has 86 valence electrons. The SMILES string of the molecule is CC1OCCC1NC(=O)N1CCCCC1. The summed E-state index contributed by atoms with van der Waals surface area (Å²) in [5.74, 6) is 0. The van der Waals surface area contributed by atoms with Crippen LogP contribution < -0.4 is 5.32 Å². The maximum atomic E-state index is 11.9. The van der Waals surface area contributed by atoms with Gasteiger partial charge in [-0.2, -0.15) is 0 Å². The lowest BCUT2D eigenvalue weighted by atomic mass is 10.1. The van der Waals surface area contributed by atoms with E-state index in [9.17, 15) is 4.79 Å². The summed E-state index contributed by atoms with van der Waals surface area (Å²) >= 11 is 0. The van der Waals surface area contributed by atoms with Gasteiger partial charge in [-0.3, -0.25) is 0 Å². The molecule has 2 heterocycles. The molecule has 2 amide bonds. The van der Waals surface area contributed by atoms with E-state index in [1.165, 1.54) is 6.42 Å². The molecule has 0 radical (unpaired) electrons. The van der Waals surface area contributed by atoms with Crippen LogP contribution >= 0.6 is 0 Å². The molecular weight excluding hydrogens is 192 g/mol. The number of nitrogens with one attached hydrogen (secondary N) is 1. The van der Waals surface area contributed by atoms with Crippen molar-refractivity contribution in [1.29, 1.82) is 0 Å². The first-order chi connectivity index (χ1) is 7.27. The van der Waals surface area contributed by atoms with Crippen molar-refractivity contribution in [1.82, 2.24) is 10.2 Å². The van der Waals surface area contributed by atoms with Crippen molar-refractivity contribution in [2.75, 3.05) is 19.7 Å². The first-order valence-corrected chi connectivity index (χ1v) is 5.94. The highest BCUT2D eigenvalue weighted by Crippen LogP contribution is 2.14. The van der Waals surface area contributed by atoms with Crippen LogP contribution in [-0.2, 0) is 4.74 Å². The highest BCUT2D eigenvalue weighted by Gasteiger charge is 2.27. The Kier molecular flexibility index (Phi) is 3.46. The van der Waals surface area contributed by atoms with Crippen LogP contribution in [0.1, 0.15) is 32.6 Å². The van der Waals surface area contributed by atoms with Crippen LogP contribution in [0.15, 0.2) is 0 Å². The number of nitrogens with zero attached hydrogens (tertiary/aromatic N) is 1. The predicted molar refractivity (Wildman–Crippen MR) is 57.8 cm³/mol. The number of carbonyl (C=O) groups excluding carboxylic acids is 1. The number of rotatable bonds is 1. The highest BCUT2D eigenvalue weighted by molar-refractivity contribution is 5.74. The Bertz CT molecular complexity index is 227. The molecule has 2 aliphatic rings. The Morgan fingerprint density at radius 2 is 2.07 bits per heavy atom. The lowest BCUT2D eigenvalue weighted by molar-refractivity contribution is 0.111. The monoisotopic (exact) mass is 212 g/mol. The minimum absolute atomic E-state index is 0.0945. The van der Waals surface area contributed by atoms with Gasteiger partial charge in [-0.25, -0.2) is 4.79 Å². The standard InChI is InChI=1S/C11H20N2O2/c1-9-10(5-8-15-9)12-11(14)13-6-3-2-4-7-13/h9-10H,2-8H2,1H3,(H,12,14). The van der Waals surface area contributed by atoms with Gasteiger partial charge in [-0.15, -0.1) is 0 Å². The summed E-state index contributed by atoms with van der Waals surface area (Å²) in [4.78, 5) is 13.8. The van der Waals surface area contributed by atoms with Gasteiger partial charge in [0.1, 0.15) is 0 Å². The summed E-state index contributed by atoms with van der Waals surface area (Å²) in [6.07, 6.45) is 4.65. The average Bonchev–Trinajstić information content (AvgIpc) is 2.66. The second-order valence-corrected chi connectivity index (χ2v) is 4.47. The summed E-state index contributed by atoms with van der Waals surface area (Å²) in [5, 5.41) is 3.06. The fourth-order valence-electron chi connectivity index (χ4n) is 2.27. The van der Waals surface area contributed by atoms with E-state index in [2.05, 4.69) is 5.32 Å². The van der Waals surface area contributed by atoms with Crippen molar-refractivity contribution in [3.8, 4) is 0 Å². The summed E-state index contributed by atoms with van der Waals surface area (Å²) < 4.78 is 5.42. The Morgan fingerprint density at radius 1 is 1.33 bits per heavy atom. The Morgan fingerprint density at radius 3 is 2.67 bits per heavy atom. The molecular formula is C11H20N2O2. The topological polar surface area (TPSA) is 41.6 Å². The van der Waals surface area contributed by atoms with Gasteiger partial charge < -0.3 is 15.0 Å². The van der Waals surface area contributed by atoms with Crippen molar-refractivity contribution in [3.63, 3.8) is 0 Å². The second-order valence-electron chi connectivity index (χ2n) is 4.47. The van der Waals surface area contributed by atoms with Crippen LogP contribution in [0.25, 0.3) is 0 Å². The van der Waals surface area contributed by atoms with Gasteiger partial charge in [0.05, 0.1) is 12.1 Å². The van der Waals surface area contributed by atoms with Gasteiger partial charge in [-0.1, -0.05) is 0 Å². The second kappa shape index (κ2) is 4.84. The minimum Gasteiger partial charge on any atom is -0.376 e. The molecule has 2 fully saturated rings. The molecule has 2 saturated heterocycles. The summed E-state index contributed by atoms with van der Waals surface area (Å²) in [5.41, 5.74) is 0. The minimum atomic E-state index is 0.0945. The average molecular weight is 212 g/mol. The van der Waals surface area contributed by atoms with Crippen LogP contribution in [0.5, 0.6) is 0 Å². The molecule has 4 nitrogen and oxygen atoms in total. The molecule has 4 heteroatoms. The molecule has 0 aliphatic carbocycles. The number of hydrogen-bond acceptors (Lipinski definition) is 2. The largest absolute Gasteiger partial charge is 0.376 e. The lowest BCUT2D eigenvalue weighted by Crippen LogP contribution is -2.48. The zero-order valence-corrected chi connectivity index (χ0v) is 9.37. The first-order valence-electron chi connectivity index (χ1n) is 5.94. The Balaban J connectivity index is 1.80. The maximum absolute atomic E-state index is 11.9. The van der Waals surface area contributed by atoms with E-state index in [0.717, 1.165) is 39.0 Å². The summed E-state index contributed by atoms with van der Waals surface area (Å²) in [7, 11) is 0. The van der Waals surface area contributed by atoms with Crippen LogP contribution in [-0.4, -0.2) is 42.8 Å². The molecule has 0 spiro atoms. The molecule has 0 saturated carbocycles. The summed E-state index contributed by atoms with van der Waals surface area (Å²) in [6.45, 7) is 4.61. The van der Waals surface area contributed by atoms with E-state index >= 15 is 0 Å². The first kappa shape index (κ1) is 10.7. The van der Waals surface area contributed by atoms with E-state index in [1.807, 2.05) is 11.8 Å². The van der Waals surface area contributed by atoms with Gasteiger partial charge in [0.2, 0.25) is 0 Å². The van der Waals surface area contributed by atoms with E-state index in [4.69, 9.17) is 4.74 Å². The zero-order valence-electron chi connectivity index (χ0n) is 9.37. The van der Waals surface area contributed by atoms with E-state index < -0.39 is 0 Å². The number of piperidine rings is 1. The van der Waals surface area contributed by atoms with Crippen molar-refractivity contribution in [3.05, 3.63) is 0 Å². The van der Waals surface area contributed by atoms with Crippen LogP contribution in [0.2, 0.25) is 0 Å². The Hall–Kier alpha value is -0.770.